The first kappa shape index (κ1) is 14.1. The minimum absolute atomic E-state index is 0.275. The minimum atomic E-state index is -0.275. The van der Waals surface area contributed by atoms with Crippen molar-refractivity contribution in [1.29, 1.82) is 0 Å². The second-order valence-electron chi connectivity index (χ2n) is 3.98. The zero-order chi connectivity index (χ0) is 14.5. The molecule has 0 aliphatic rings. The number of pyridine rings is 1. The highest BCUT2D eigenvalue weighted by Gasteiger charge is 2.13. The predicted octanol–water partition coefficient (Wildman–Crippen LogP) is 3.04. The number of aromatic nitrogens is 1. The molecule has 1 aromatic heterocycles. The van der Waals surface area contributed by atoms with Crippen LogP contribution < -0.4 is 15.4 Å². The van der Waals surface area contributed by atoms with Crippen LogP contribution in [-0.4, -0.2) is 25.0 Å². The Morgan fingerprint density at radius 1 is 1.30 bits per heavy atom. The molecule has 6 heteroatoms. The summed E-state index contributed by atoms with van der Waals surface area (Å²) >= 11 is 5.75. The van der Waals surface area contributed by atoms with Gasteiger partial charge in [-0.1, -0.05) is 11.6 Å². The molecule has 0 aliphatic heterocycles. The van der Waals surface area contributed by atoms with Crippen molar-refractivity contribution >= 4 is 29.0 Å². The molecule has 0 radical (unpaired) electrons. The first-order chi connectivity index (χ1) is 9.63. The first-order valence-corrected chi connectivity index (χ1v) is 6.30. The highest BCUT2D eigenvalue weighted by molar-refractivity contribution is 6.30. The van der Waals surface area contributed by atoms with E-state index in [1.165, 1.54) is 6.20 Å². The van der Waals surface area contributed by atoms with Gasteiger partial charge >= 0.3 is 0 Å². The predicted molar refractivity (Wildman–Crippen MR) is 79.7 cm³/mol. The van der Waals surface area contributed by atoms with E-state index in [0.717, 1.165) is 0 Å². The van der Waals surface area contributed by atoms with Crippen LogP contribution in [0.15, 0.2) is 36.5 Å². The van der Waals surface area contributed by atoms with Crippen molar-refractivity contribution in [3.63, 3.8) is 0 Å². The summed E-state index contributed by atoms with van der Waals surface area (Å²) in [5.41, 5.74) is 1.18. The van der Waals surface area contributed by atoms with Crippen LogP contribution in [0.1, 0.15) is 10.4 Å². The van der Waals surface area contributed by atoms with Gasteiger partial charge in [-0.2, -0.15) is 0 Å². The van der Waals surface area contributed by atoms with E-state index in [4.69, 9.17) is 16.3 Å². The van der Waals surface area contributed by atoms with E-state index in [1.54, 1.807) is 44.5 Å². The van der Waals surface area contributed by atoms with Crippen LogP contribution in [0.25, 0.3) is 0 Å². The molecule has 0 saturated carbocycles. The van der Waals surface area contributed by atoms with Gasteiger partial charge in [0.1, 0.15) is 11.6 Å². The van der Waals surface area contributed by atoms with Crippen LogP contribution in [0, 0.1) is 0 Å². The lowest BCUT2D eigenvalue weighted by Gasteiger charge is -2.11. The molecule has 0 atom stereocenters. The molecule has 0 aliphatic carbocycles. The summed E-state index contributed by atoms with van der Waals surface area (Å²) in [6.07, 6.45) is 1.47. The normalized spacial score (nSPS) is 9.95. The molecular weight excluding hydrogens is 278 g/mol. The Kier molecular flexibility index (Phi) is 4.42. The molecule has 1 heterocycles. The third-order valence-electron chi connectivity index (χ3n) is 2.71. The monoisotopic (exact) mass is 291 g/mol. The molecule has 0 unspecified atom stereocenters. The fourth-order valence-electron chi connectivity index (χ4n) is 1.69. The summed E-state index contributed by atoms with van der Waals surface area (Å²) in [5, 5.41) is 6.19. The lowest BCUT2D eigenvalue weighted by Crippen LogP contribution is -2.15. The SMILES string of the molecule is CNc1ccc(OC)cc1C(=O)Nc1ccc(Cl)cn1. The molecule has 20 heavy (non-hydrogen) atoms. The Hall–Kier alpha value is -2.27. The molecule has 1 amide bonds. The summed E-state index contributed by atoms with van der Waals surface area (Å²) in [4.78, 5) is 16.3. The molecule has 0 fully saturated rings. The van der Waals surface area contributed by atoms with E-state index < -0.39 is 0 Å². The molecule has 0 bridgehead atoms. The largest absolute Gasteiger partial charge is 0.497 e. The summed E-state index contributed by atoms with van der Waals surface area (Å²) in [7, 11) is 3.30. The van der Waals surface area contributed by atoms with Gasteiger partial charge in [0.15, 0.2) is 0 Å². The van der Waals surface area contributed by atoms with Gasteiger partial charge in [-0.15, -0.1) is 0 Å². The maximum absolute atomic E-state index is 12.3. The van der Waals surface area contributed by atoms with Gasteiger partial charge in [0.05, 0.1) is 17.7 Å². The van der Waals surface area contributed by atoms with E-state index in [2.05, 4.69) is 15.6 Å². The smallest absolute Gasteiger partial charge is 0.259 e. The number of halogens is 1. The molecule has 104 valence electrons. The maximum Gasteiger partial charge on any atom is 0.259 e. The number of nitrogens with zero attached hydrogens (tertiary/aromatic N) is 1. The number of anilines is 2. The summed E-state index contributed by atoms with van der Waals surface area (Å²) < 4.78 is 5.13. The minimum Gasteiger partial charge on any atom is -0.497 e. The molecule has 5 nitrogen and oxygen atoms in total. The maximum atomic E-state index is 12.3. The topological polar surface area (TPSA) is 63.2 Å². The fraction of sp³-hybridized carbons (Fsp3) is 0.143. The van der Waals surface area contributed by atoms with Crippen LogP contribution in [0.4, 0.5) is 11.5 Å². The van der Waals surface area contributed by atoms with Gasteiger partial charge in [-0.3, -0.25) is 4.79 Å². The van der Waals surface area contributed by atoms with Crippen molar-refractivity contribution in [3.05, 3.63) is 47.1 Å². The van der Waals surface area contributed by atoms with Crippen molar-refractivity contribution in [2.24, 2.45) is 0 Å². The van der Waals surface area contributed by atoms with Crippen LogP contribution in [0.5, 0.6) is 5.75 Å². The number of hydrogen-bond acceptors (Lipinski definition) is 4. The molecule has 1 aromatic carbocycles. The first-order valence-electron chi connectivity index (χ1n) is 5.92. The van der Waals surface area contributed by atoms with Crippen molar-refractivity contribution in [2.75, 3.05) is 24.8 Å². The van der Waals surface area contributed by atoms with Gasteiger partial charge in [0.2, 0.25) is 0 Å². The van der Waals surface area contributed by atoms with E-state index in [1.807, 2.05) is 0 Å². The van der Waals surface area contributed by atoms with Crippen molar-refractivity contribution in [2.45, 2.75) is 0 Å². The van der Waals surface area contributed by atoms with Crippen LogP contribution in [0.3, 0.4) is 0 Å². The van der Waals surface area contributed by atoms with Crippen molar-refractivity contribution in [3.8, 4) is 5.75 Å². The lowest BCUT2D eigenvalue weighted by atomic mass is 10.1. The number of rotatable bonds is 4. The van der Waals surface area contributed by atoms with Gasteiger partial charge in [0.25, 0.3) is 5.91 Å². The van der Waals surface area contributed by atoms with E-state index in [9.17, 15) is 4.79 Å². The van der Waals surface area contributed by atoms with Crippen molar-refractivity contribution < 1.29 is 9.53 Å². The Balaban J connectivity index is 2.25. The average Bonchev–Trinajstić information content (AvgIpc) is 2.48. The molecule has 2 rings (SSSR count). The standard InChI is InChI=1S/C14H14ClN3O2/c1-16-12-5-4-10(20-2)7-11(12)14(19)18-13-6-3-9(15)8-17-13/h3-8,16H,1-2H3,(H,17,18,19). The number of benzene rings is 1. The van der Waals surface area contributed by atoms with E-state index >= 15 is 0 Å². The van der Waals surface area contributed by atoms with Crippen LogP contribution in [0.2, 0.25) is 5.02 Å². The van der Waals surface area contributed by atoms with Crippen LogP contribution >= 0.6 is 11.6 Å². The van der Waals surface area contributed by atoms with Gasteiger partial charge < -0.3 is 15.4 Å². The number of amides is 1. The number of nitrogens with one attached hydrogen (secondary N) is 2. The molecule has 0 saturated heterocycles. The second kappa shape index (κ2) is 6.25. The summed E-state index contributed by atoms with van der Waals surface area (Å²) in [6.45, 7) is 0. The van der Waals surface area contributed by atoms with Crippen molar-refractivity contribution in [1.82, 2.24) is 4.98 Å². The van der Waals surface area contributed by atoms with E-state index in [-0.39, 0.29) is 5.91 Å². The second-order valence-corrected chi connectivity index (χ2v) is 4.41. The molecule has 0 spiro atoms. The number of methoxy groups -OCH3 is 1. The Morgan fingerprint density at radius 3 is 2.70 bits per heavy atom. The van der Waals surface area contributed by atoms with E-state index in [0.29, 0.717) is 27.8 Å². The zero-order valence-corrected chi connectivity index (χ0v) is 11.9. The molecular formula is C14H14ClN3O2. The van der Waals surface area contributed by atoms with Crippen LogP contribution in [-0.2, 0) is 0 Å². The quantitative estimate of drug-likeness (QED) is 0.909. The third kappa shape index (κ3) is 3.19. The Morgan fingerprint density at radius 2 is 2.10 bits per heavy atom. The molecule has 2 N–H and O–H groups in total. The third-order valence-corrected chi connectivity index (χ3v) is 2.93. The van der Waals surface area contributed by atoms with Gasteiger partial charge in [-0.05, 0) is 30.3 Å². The fourth-order valence-corrected chi connectivity index (χ4v) is 1.80. The summed E-state index contributed by atoms with van der Waals surface area (Å²) in [5.74, 6) is 0.769. The number of hydrogen-bond donors (Lipinski definition) is 2. The number of carbonyl (C=O) groups is 1. The van der Waals surface area contributed by atoms with Gasteiger partial charge in [-0.25, -0.2) is 4.98 Å². The van der Waals surface area contributed by atoms with Gasteiger partial charge in [0, 0.05) is 18.9 Å². The highest BCUT2D eigenvalue weighted by atomic mass is 35.5. The zero-order valence-electron chi connectivity index (χ0n) is 11.1. The Bertz CT molecular complexity index is 614. The highest BCUT2D eigenvalue weighted by Crippen LogP contribution is 2.22. The lowest BCUT2D eigenvalue weighted by molar-refractivity contribution is 0.102. The summed E-state index contributed by atoms with van der Waals surface area (Å²) in [6, 6.07) is 8.53. The average molecular weight is 292 g/mol. The Labute approximate surface area is 121 Å². The number of carbonyl (C=O) groups excluding carboxylic acids is 1. The molecule has 2 aromatic rings. The number of ether oxygens (including phenoxy) is 1.